The highest BCUT2D eigenvalue weighted by Gasteiger charge is 2.33. The molecule has 8 heteroatoms. The SMILES string of the molecule is CCCC[C@@H](O)[C@@H](N)c1cc(C(F)(F)F)cc(Cl)c1F.Cl. The van der Waals surface area contributed by atoms with Crippen LogP contribution in [0.4, 0.5) is 17.6 Å². The molecule has 0 bridgehead atoms. The van der Waals surface area contributed by atoms with Crippen LogP contribution in [0, 0.1) is 5.82 Å². The molecule has 0 aliphatic heterocycles. The first-order valence-corrected chi connectivity index (χ1v) is 6.56. The van der Waals surface area contributed by atoms with Crippen LogP contribution in [0.2, 0.25) is 5.02 Å². The van der Waals surface area contributed by atoms with Crippen molar-refractivity contribution in [2.45, 2.75) is 44.5 Å². The van der Waals surface area contributed by atoms with Gasteiger partial charge in [0.2, 0.25) is 0 Å². The molecule has 0 spiro atoms. The molecule has 2 nitrogen and oxygen atoms in total. The largest absolute Gasteiger partial charge is 0.416 e. The number of alkyl halides is 3. The van der Waals surface area contributed by atoms with Gasteiger partial charge in [-0.2, -0.15) is 13.2 Å². The van der Waals surface area contributed by atoms with E-state index in [0.717, 1.165) is 6.42 Å². The van der Waals surface area contributed by atoms with E-state index in [1.54, 1.807) is 0 Å². The smallest absolute Gasteiger partial charge is 0.391 e. The van der Waals surface area contributed by atoms with Crippen molar-refractivity contribution in [1.82, 2.24) is 0 Å². The molecule has 0 amide bonds. The lowest BCUT2D eigenvalue weighted by molar-refractivity contribution is -0.137. The number of aliphatic hydroxyl groups is 1. The molecule has 0 saturated heterocycles. The summed E-state index contributed by atoms with van der Waals surface area (Å²) in [7, 11) is 0. The highest BCUT2D eigenvalue weighted by molar-refractivity contribution is 6.30. The molecule has 21 heavy (non-hydrogen) atoms. The normalized spacial score (nSPS) is 14.5. The summed E-state index contributed by atoms with van der Waals surface area (Å²) in [5.74, 6) is -1.03. The van der Waals surface area contributed by atoms with Gasteiger partial charge in [0, 0.05) is 5.56 Å². The number of hydrogen-bond donors (Lipinski definition) is 2. The number of hydrogen-bond acceptors (Lipinski definition) is 2. The quantitative estimate of drug-likeness (QED) is 0.770. The van der Waals surface area contributed by atoms with Crippen LogP contribution >= 0.6 is 24.0 Å². The first-order chi connectivity index (χ1) is 9.18. The van der Waals surface area contributed by atoms with Gasteiger partial charge in [0.1, 0.15) is 5.82 Å². The van der Waals surface area contributed by atoms with Gasteiger partial charge in [0.05, 0.1) is 22.7 Å². The van der Waals surface area contributed by atoms with Crippen LogP contribution < -0.4 is 5.73 Å². The van der Waals surface area contributed by atoms with Crippen LogP contribution in [-0.4, -0.2) is 11.2 Å². The summed E-state index contributed by atoms with van der Waals surface area (Å²) >= 11 is 5.47. The van der Waals surface area contributed by atoms with Crippen molar-refractivity contribution in [3.8, 4) is 0 Å². The lowest BCUT2D eigenvalue weighted by Gasteiger charge is -2.21. The van der Waals surface area contributed by atoms with E-state index < -0.39 is 40.3 Å². The molecule has 0 unspecified atom stereocenters. The first-order valence-electron chi connectivity index (χ1n) is 6.18. The second-order valence-electron chi connectivity index (χ2n) is 4.59. The average molecular weight is 350 g/mol. The Labute approximate surface area is 131 Å². The van der Waals surface area contributed by atoms with Gasteiger partial charge in [-0.15, -0.1) is 12.4 Å². The van der Waals surface area contributed by atoms with Crippen molar-refractivity contribution in [2.24, 2.45) is 5.73 Å². The fourth-order valence-electron chi connectivity index (χ4n) is 1.82. The molecule has 0 heterocycles. The van der Waals surface area contributed by atoms with Crippen LogP contribution in [-0.2, 0) is 6.18 Å². The highest BCUT2D eigenvalue weighted by Crippen LogP contribution is 2.35. The Kier molecular flexibility index (Phi) is 7.95. The van der Waals surface area contributed by atoms with Gasteiger partial charge in [-0.05, 0) is 18.6 Å². The van der Waals surface area contributed by atoms with Crippen LogP contribution in [0.1, 0.15) is 43.4 Å². The lowest BCUT2D eigenvalue weighted by atomic mass is 9.96. The second kappa shape index (κ2) is 8.17. The zero-order valence-electron chi connectivity index (χ0n) is 11.3. The molecule has 1 aromatic carbocycles. The summed E-state index contributed by atoms with van der Waals surface area (Å²) in [6.07, 6.45) is -4.06. The van der Waals surface area contributed by atoms with E-state index in [1.165, 1.54) is 0 Å². The third kappa shape index (κ3) is 5.29. The van der Waals surface area contributed by atoms with Gasteiger partial charge in [-0.1, -0.05) is 31.4 Å². The van der Waals surface area contributed by atoms with Crippen LogP contribution in [0.25, 0.3) is 0 Å². The third-order valence-electron chi connectivity index (χ3n) is 3.01. The number of unbranched alkanes of at least 4 members (excludes halogenated alkanes) is 1. The van der Waals surface area contributed by atoms with Gasteiger partial charge in [-0.3, -0.25) is 0 Å². The Morgan fingerprint density at radius 1 is 1.33 bits per heavy atom. The fourth-order valence-corrected chi connectivity index (χ4v) is 2.04. The monoisotopic (exact) mass is 349 g/mol. The van der Waals surface area contributed by atoms with E-state index in [9.17, 15) is 22.7 Å². The Bertz CT molecular complexity index is 468. The zero-order valence-corrected chi connectivity index (χ0v) is 12.8. The molecule has 3 N–H and O–H groups in total. The Morgan fingerprint density at radius 3 is 2.38 bits per heavy atom. The van der Waals surface area contributed by atoms with Gasteiger partial charge in [-0.25, -0.2) is 4.39 Å². The molecule has 0 saturated carbocycles. The molecule has 1 rings (SSSR count). The van der Waals surface area contributed by atoms with E-state index in [4.69, 9.17) is 17.3 Å². The topological polar surface area (TPSA) is 46.2 Å². The number of aliphatic hydroxyl groups excluding tert-OH is 1. The molecule has 0 aromatic heterocycles. The molecule has 2 atom stereocenters. The van der Waals surface area contributed by atoms with Crippen molar-refractivity contribution in [2.75, 3.05) is 0 Å². The Balaban J connectivity index is 0.00000400. The van der Waals surface area contributed by atoms with Gasteiger partial charge in [0.25, 0.3) is 0 Å². The first kappa shape index (κ1) is 20.4. The van der Waals surface area contributed by atoms with E-state index >= 15 is 0 Å². The number of benzene rings is 1. The Hall–Kier alpha value is -0.560. The molecule has 0 radical (unpaired) electrons. The number of nitrogens with two attached hydrogens (primary N) is 1. The van der Waals surface area contributed by atoms with Crippen LogP contribution in [0.5, 0.6) is 0 Å². The summed E-state index contributed by atoms with van der Waals surface area (Å²) in [5, 5.41) is 9.14. The molecule has 0 fully saturated rings. The second-order valence-corrected chi connectivity index (χ2v) is 5.00. The molecular formula is C13H17Cl2F4NO. The van der Waals surface area contributed by atoms with Gasteiger partial charge >= 0.3 is 6.18 Å². The van der Waals surface area contributed by atoms with Crippen molar-refractivity contribution < 1.29 is 22.7 Å². The molecule has 122 valence electrons. The molecule has 0 aliphatic carbocycles. The number of halogens is 6. The maximum Gasteiger partial charge on any atom is 0.416 e. The zero-order chi connectivity index (χ0) is 15.5. The predicted octanol–water partition coefficient (Wildman–Crippen LogP) is 4.47. The van der Waals surface area contributed by atoms with E-state index in [2.05, 4.69) is 0 Å². The summed E-state index contributed by atoms with van der Waals surface area (Å²) in [5.41, 5.74) is 4.14. The van der Waals surface area contributed by atoms with Gasteiger partial charge < -0.3 is 10.8 Å². The summed E-state index contributed by atoms with van der Waals surface area (Å²) in [4.78, 5) is 0. The fraction of sp³-hybridized carbons (Fsp3) is 0.538. The third-order valence-corrected chi connectivity index (χ3v) is 3.29. The van der Waals surface area contributed by atoms with E-state index in [0.29, 0.717) is 18.6 Å². The lowest BCUT2D eigenvalue weighted by Crippen LogP contribution is -2.27. The minimum Gasteiger partial charge on any atom is -0.391 e. The van der Waals surface area contributed by atoms with Crippen molar-refractivity contribution in [3.05, 3.63) is 34.1 Å². The molecule has 1 aromatic rings. The van der Waals surface area contributed by atoms with Gasteiger partial charge in [0.15, 0.2) is 0 Å². The van der Waals surface area contributed by atoms with Crippen molar-refractivity contribution >= 4 is 24.0 Å². The highest BCUT2D eigenvalue weighted by atomic mass is 35.5. The Morgan fingerprint density at radius 2 is 1.90 bits per heavy atom. The summed E-state index contributed by atoms with van der Waals surface area (Å²) in [6, 6.07) is -0.145. The standard InChI is InChI=1S/C13H16ClF4NO.ClH/c1-2-3-4-10(20)12(19)8-5-7(13(16,17)18)6-9(14)11(8)15;/h5-6,10,12,20H,2-4,19H2,1H3;1H/t10-,12+;/m1./s1. The molecule has 0 aliphatic rings. The predicted molar refractivity (Wildman–Crippen MR) is 76.1 cm³/mol. The van der Waals surface area contributed by atoms with E-state index in [-0.39, 0.29) is 18.8 Å². The van der Waals surface area contributed by atoms with Crippen LogP contribution in [0.3, 0.4) is 0 Å². The van der Waals surface area contributed by atoms with Crippen LogP contribution in [0.15, 0.2) is 12.1 Å². The summed E-state index contributed by atoms with van der Waals surface area (Å²) < 4.78 is 51.8. The van der Waals surface area contributed by atoms with Crippen molar-refractivity contribution in [1.29, 1.82) is 0 Å². The maximum atomic E-state index is 13.8. The minimum atomic E-state index is -4.65. The average Bonchev–Trinajstić information content (AvgIpc) is 2.36. The maximum absolute atomic E-state index is 13.8. The van der Waals surface area contributed by atoms with E-state index in [1.807, 2.05) is 6.92 Å². The summed E-state index contributed by atoms with van der Waals surface area (Å²) in [6.45, 7) is 1.89. The number of rotatable bonds is 5. The molecular weight excluding hydrogens is 333 g/mol. The van der Waals surface area contributed by atoms with Crippen molar-refractivity contribution in [3.63, 3.8) is 0 Å². The minimum absolute atomic E-state index is 0.